The normalized spacial score (nSPS) is 13.6. The molecule has 2 aromatic rings. The van der Waals surface area contributed by atoms with Gasteiger partial charge in [-0.1, -0.05) is 0 Å². The maximum absolute atomic E-state index is 11.2. The first kappa shape index (κ1) is 12.4. The van der Waals surface area contributed by atoms with Crippen molar-refractivity contribution in [3.8, 4) is 22.8 Å². The highest BCUT2D eigenvalue weighted by atomic mass is 16.5. The van der Waals surface area contributed by atoms with Crippen molar-refractivity contribution >= 4 is 5.97 Å². The highest BCUT2D eigenvalue weighted by Crippen LogP contribution is 2.34. The fourth-order valence-electron chi connectivity index (χ4n) is 2.03. The number of aromatic nitrogens is 2. The number of rotatable bonds is 2. The van der Waals surface area contributed by atoms with Crippen LogP contribution in [0.1, 0.15) is 16.8 Å². The third kappa shape index (κ3) is 2.27. The number of nitrogens with zero attached hydrogens (tertiary/aromatic N) is 2. The van der Waals surface area contributed by atoms with Crippen molar-refractivity contribution in [3.05, 3.63) is 36.3 Å². The molecule has 1 aliphatic rings. The van der Waals surface area contributed by atoms with E-state index in [2.05, 4.69) is 9.97 Å². The number of carboxylic acid groups (broad SMARTS) is 1. The van der Waals surface area contributed by atoms with E-state index in [1.54, 1.807) is 18.2 Å². The summed E-state index contributed by atoms with van der Waals surface area (Å²) < 4.78 is 11.1. The molecule has 0 radical (unpaired) electrons. The van der Waals surface area contributed by atoms with Crippen LogP contribution in [-0.2, 0) is 0 Å². The second-order valence-corrected chi connectivity index (χ2v) is 4.30. The Morgan fingerprint density at radius 1 is 1.20 bits per heavy atom. The summed E-state index contributed by atoms with van der Waals surface area (Å²) >= 11 is 0. The van der Waals surface area contributed by atoms with E-state index in [0.717, 1.165) is 6.42 Å². The second kappa shape index (κ2) is 5.16. The molecular weight excluding hydrogens is 260 g/mol. The number of ether oxygens (including phenoxy) is 2. The van der Waals surface area contributed by atoms with Gasteiger partial charge in [0.05, 0.1) is 18.9 Å². The summed E-state index contributed by atoms with van der Waals surface area (Å²) in [6.07, 6.45) is 3.43. The molecule has 6 nitrogen and oxygen atoms in total. The lowest BCUT2D eigenvalue weighted by atomic mass is 10.1. The molecule has 0 saturated carbocycles. The highest BCUT2D eigenvalue weighted by molar-refractivity contribution is 5.94. The Labute approximate surface area is 115 Å². The Bertz CT molecular complexity index is 657. The van der Waals surface area contributed by atoms with Crippen molar-refractivity contribution in [1.29, 1.82) is 0 Å². The zero-order valence-corrected chi connectivity index (χ0v) is 10.6. The zero-order chi connectivity index (χ0) is 13.9. The van der Waals surface area contributed by atoms with Gasteiger partial charge in [0.25, 0.3) is 0 Å². The van der Waals surface area contributed by atoms with Gasteiger partial charge in [0, 0.05) is 18.2 Å². The maximum Gasteiger partial charge on any atom is 0.339 e. The molecule has 0 amide bonds. The predicted molar refractivity (Wildman–Crippen MR) is 70.0 cm³/mol. The molecule has 0 fully saturated rings. The smallest absolute Gasteiger partial charge is 0.339 e. The first-order chi connectivity index (χ1) is 9.75. The van der Waals surface area contributed by atoms with Gasteiger partial charge in [-0.05, 0) is 18.2 Å². The lowest BCUT2D eigenvalue weighted by Crippen LogP contribution is -2.02. The standard InChI is InChI=1S/C14H12N2O4/c17-14(18)10-7-15-8-16-13(10)9-2-3-11-12(6-9)20-5-1-4-19-11/h2-3,6-8H,1,4-5H2,(H,17,18). The molecule has 0 aliphatic carbocycles. The van der Waals surface area contributed by atoms with Crippen LogP contribution in [-0.4, -0.2) is 34.3 Å². The van der Waals surface area contributed by atoms with Crippen molar-refractivity contribution in [2.75, 3.05) is 13.2 Å². The van der Waals surface area contributed by atoms with Crippen LogP contribution in [0, 0.1) is 0 Å². The monoisotopic (exact) mass is 272 g/mol. The molecule has 6 heteroatoms. The third-order valence-corrected chi connectivity index (χ3v) is 2.96. The van der Waals surface area contributed by atoms with Gasteiger partial charge in [-0.3, -0.25) is 0 Å². The lowest BCUT2D eigenvalue weighted by molar-refractivity contribution is 0.0697. The minimum Gasteiger partial charge on any atom is -0.490 e. The minimum absolute atomic E-state index is 0.0574. The van der Waals surface area contributed by atoms with Crippen LogP contribution < -0.4 is 9.47 Å². The molecule has 0 saturated heterocycles. The molecule has 102 valence electrons. The van der Waals surface area contributed by atoms with Gasteiger partial charge in [-0.25, -0.2) is 14.8 Å². The lowest BCUT2D eigenvalue weighted by Gasteiger charge is -2.10. The molecule has 1 aliphatic heterocycles. The number of carboxylic acids is 1. The molecule has 1 aromatic heterocycles. The van der Waals surface area contributed by atoms with Crippen molar-refractivity contribution < 1.29 is 19.4 Å². The third-order valence-electron chi connectivity index (χ3n) is 2.96. The average Bonchev–Trinajstić information content (AvgIpc) is 2.71. The number of benzene rings is 1. The van der Waals surface area contributed by atoms with Crippen LogP contribution in [0.3, 0.4) is 0 Å². The Balaban J connectivity index is 2.07. The number of aromatic carboxylic acids is 1. The van der Waals surface area contributed by atoms with Gasteiger partial charge in [0.2, 0.25) is 0 Å². The first-order valence-corrected chi connectivity index (χ1v) is 6.19. The van der Waals surface area contributed by atoms with Gasteiger partial charge in [0.15, 0.2) is 11.5 Å². The predicted octanol–water partition coefficient (Wildman–Crippen LogP) is 2.00. The Hall–Kier alpha value is -2.63. The molecule has 0 atom stereocenters. The number of hydrogen-bond donors (Lipinski definition) is 1. The Morgan fingerprint density at radius 3 is 2.80 bits per heavy atom. The van der Waals surface area contributed by atoms with Gasteiger partial charge >= 0.3 is 5.97 Å². The van der Waals surface area contributed by atoms with E-state index in [1.807, 2.05) is 0 Å². The van der Waals surface area contributed by atoms with Gasteiger partial charge in [0.1, 0.15) is 11.9 Å². The van der Waals surface area contributed by atoms with Gasteiger partial charge in [-0.2, -0.15) is 0 Å². The summed E-state index contributed by atoms with van der Waals surface area (Å²) in [7, 11) is 0. The van der Waals surface area contributed by atoms with Crippen LogP contribution >= 0.6 is 0 Å². The molecular formula is C14H12N2O4. The molecule has 1 aromatic carbocycles. The Kier molecular flexibility index (Phi) is 3.20. The van der Waals surface area contributed by atoms with E-state index in [9.17, 15) is 9.90 Å². The van der Waals surface area contributed by atoms with Gasteiger partial charge < -0.3 is 14.6 Å². The first-order valence-electron chi connectivity index (χ1n) is 6.19. The maximum atomic E-state index is 11.2. The molecule has 1 N–H and O–H groups in total. The topological polar surface area (TPSA) is 81.5 Å². The van der Waals surface area contributed by atoms with E-state index in [0.29, 0.717) is 36.0 Å². The van der Waals surface area contributed by atoms with Crippen molar-refractivity contribution in [2.45, 2.75) is 6.42 Å². The fourth-order valence-corrected chi connectivity index (χ4v) is 2.03. The van der Waals surface area contributed by atoms with Crippen molar-refractivity contribution in [2.24, 2.45) is 0 Å². The zero-order valence-electron chi connectivity index (χ0n) is 10.6. The minimum atomic E-state index is -1.06. The molecule has 0 spiro atoms. The number of carbonyl (C=O) groups is 1. The van der Waals surface area contributed by atoms with E-state index in [4.69, 9.17) is 9.47 Å². The van der Waals surface area contributed by atoms with Crippen LogP contribution in [0.4, 0.5) is 0 Å². The van der Waals surface area contributed by atoms with E-state index < -0.39 is 5.97 Å². The summed E-state index contributed by atoms with van der Waals surface area (Å²) in [4.78, 5) is 19.0. The highest BCUT2D eigenvalue weighted by Gasteiger charge is 2.16. The molecule has 0 bridgehead atoms. The van der Waals surface area contributed by atoms with Gasteiger partial charge in [-0.15, -0.1) is 0 Å². The van der Waals surface area contributed by atoms with E-state index >= 15 is 0 Å². The average molecular weight is 272 g/mol. The van der Waals surface area contributed by atoms with Crippen molar-refractivity contribution in [3.63, 3.8) is 0 Å². The number of hydrogen-bond acceptors (Lipinski definition) is 5. The quantitative estimate of drug-likeness (QED) is 0.900. The molecule has 20 heavy (non-hydrogen) atoms. The summed E-state index contributed by atoms with van der Waals surface area (Å²) in [5.41, 5.74) is 1.08. The fraction of sp³-hybridized carbons (Fsp3) is 0.214. The molecule has 0 unspecified atom stereocenters. The second-order valence-electron chi connectivity index (χ2n) is 4.30. The van der Waals surface area contributed by atoms with Crippen LogP contribution in [0.2, 0.25) is 0 Å². The van der Waals surface area contributed by atoms with Crippen LogP contribution in [0.5, 0.6) is 11.5 Å². The van der Waals surface area contributed by atoms with Crippen molar-refractivity contribution in [1.82, 2.24) is 9.97 Å². The largest absolute Gasteiger partial charge is 0.490 e. The Morgan fingerprint density at radius 2 is 2.00 bits per heavy atom. The molecule has 2 heterocycles. The summed E-state index contributed by atoms with van der Waals surface area (Å²) in [6, 6.07) is 5.28. The molecule has 3 rings (SSSR count). The number of fused-ring (bicyclic) bond motifs is 1. The summed E-state index contributed by atoms with van der Waals surface area (Å²) in [5.74, 6) is 0.208. The summed E-state index contributed by atoms with van der Waals surface area (Å²) in [5, 5.41) is 9.17. The van der Waals surface area contributed by atoms with Crippen LogP contribution in [0.25, 0.3) is 11.3 Å². The van der Waals surface area contributed by atoms with Crippen LogP contribution in [0.15, 0.2) is 30.7 Å². The van der Waals surface area contributed by atoms with E-state index in [1.165, 1.54) is 12.5 Å². The SMILES string of the molecule is O=C(O)c1cncnc1-c1ccc2c(c1)OCCCO2. The summed E-state index contributed by atoms with van der Waals surface area (Å²) in [6.45, 7) is 1.19. The van der Waals surface area contributed by atoms with E-state index in [-0.39, 0.29) is 5.56 Å².